The van der Waals surface area contributed by atoms with Gasteiger partial charge in [0.15, 0.2) is 17.6 Å². The van der Waals surface area contributed by atoms with Crippen molar-refractivity contribution in [2.24, 2.45) is 0 Å². The number of rotatable bonds is 9. The van der Waals surface area contributed by atoms with Crippen molar-refractivity contribution < 1.29 is 19.0 Å². The van der Waals surface area contributed by atoms with Crippen LogP contribution in [0.5, 0.6) is 17.2 Å². The second kappa shape index (κ2) is 9.86. The lowest BCUT2D eigenvalue weighted by Gasteiger charge is -2.19. The molecule has 2 aromatic carbocycles. The van der Waals surface area contributed by atoms with E-state index >= 15 is 0 Å². The standard InChI is InChI=1S/C22H29NO4/c1-6-18(27-19-10-8-7-9-16(19)4)22(24)23-14-17-11-12-20(26-15(2)3)21(13-17)25-5/h7-13,15,18H,6,14H2,1-5H3,(H,23,24). The lowest BCUT2D eigenvalue weighted by atomic mass is 10.1. The number of hydrogen-bond donors (Lipinski definition) is 1. The van der Waals surface area contributed by atoms with Crippen molar-refractivity contribution in [3.8, 4) is 17.2 Å². The van der Waals surface area contributed by atoms with E-state index in [1.807, 2.05) is 70.2 Å². The molecule has 0 aromatic heterocycles. The molecule has 0 aliphatic carbocycles. The molecular weight excluding hydrogens is 342 g/mol. The first-order valence-electron chi connectivity index (χ1n) is 9.28. The number of nitrogens with one attached hydrogen (secondary N) is 1. The summed E-state index contributed by atoms with van der Waals surface area (Å²) in [4.78, 5) is 12.5. The fourth-order valence-electron chi connectivity index (χ4n) is 2.64. The van der Waals surface area contributed by atoms with Crippen LogP contribution in [0.2, 0.25) is 0 Å². The van der Waals surface area contributed by atoms with Crippen LogP contribution in [0.15, 0.2) is 42.5 Å². The van der Waals surface area contributed by atoms with Gasteiger partial charge in [0, 0.05) is 6.54 Å². The van der Waals surface area contributed by atoms with Crippen molar-refractivity contribution in [2.75, 3.05) is 7.11 Å². The van der Waals surface area contributed by atoms with Crippen molar-refractivity contribution in [1.29, 1.82) is 0 Å². The van der Waals surface area contributed by atoms with Gasteiger partial charge in [-0.15, -0.1) is 0 Å². The summed E-state index contributed by atoms with van der Waals surface area (Å²) in [6, 6.07) is 13.4. The van der Waals surface area contributed by atoms with Crippen LogP contribution in [0.3, 0.4) is 0 Å². The molecule has 2 aromatic rings. The zero-order chi connectivity index (χ0) is 19.8. The Morgan fingerprint density at radius 1 is 1.04 bits per heavy atom. The summed E-state index contributed by atoms with van der Waals surface area (Å²) in [5.74, 6) is 1.94. The predicted molar refractivity (Wildman–Crippen MR) is 106 cm³/mol. The molecule has 0 aliphatic heterocycles. The number of methoxy groups -OCH3 is 1. The highest BCUT2D eigenvalue weighted by molar-refractivity contribution is 5.81. The third-order valence-electron chi connectivity index (χ3n) is 4.08. The molecule has 0 saturated carbocycles. The van der Waals surface area contributed by atoms with E-state index < -0.39 is 6.10 Å². The maximum absolute atomic E-state index is 12.5. The number of aryl methyl sites for hydroxylation is 1. The first-order valence-corrected chi connectivity index (χ1v) is 9.28. The minimum Gasteiger partial charge on any atom is -0.493 e. The molecule has 0 aliphatic rings. The second-order valence-corrected chi connectivity index (χ2v) is 6.65. The molecule has 0 fully saturated rings. The summed E-state index contributed by atoms with van der Waals surface area (Å²) in [7, 11) is 1.61. The van der Waals surface area contributed by atoms with Gasteiger partial charge in [0.25, 0.3) is 5.91 Å². The van der Waals surface area contributed by atoms with E-state index in [1.165, 1.54) is 0 Å². The van der Waals surface area contributed by atoms with Crippen molar-refractivity contribution in [1.82, 2.24) is 5.32 Å². The van der Waals surface area contributed by atoms with E-state index in [9.17, 15) is 4.79 Å². The molecular formula is C22H29NO4. The minimum atomic E-state index is -0.531. The Balaban J connectivity index is 2.00. The molecule has 2 rings (SSSR count). The lowest BCUT2D eigenvalue weighted by Crippen LogP contribution is -2.37. The summed E-state index contributed by atoms with van der Waals surface area (Å²) in [5, 5.41) is 2.94. The Morgan fingerprint density at radius 3 is 2.41 bits per heavy atom. The summed E-state index contributed by atoms with van der Waals surface area (Å²) >= 11 is 0. The minimum absolute atomic E-state index is 0.0633. The molecule has 0 saturated heterocycles. The van der Waals surface area contributed by atoms with Gasteiger partial charge in [-0.05, 0) is 56.5 Å². The molecule has 5 heteroatoms. The SMILES string of the molecule is CCC(Oc1ccccc1C)C(=O)NCc1ccc(OC(C)C)c(OC)c1. The Kier molecular flexibility index (Phi) is 7.53. The average Bonchev–Trinajstić information content (AvgIpc) is 2.65. The number of carbonyl (C=O) groups excluding carboxylic acids is 1. The summed E-state index contributed by atoms with van der Waals surface area (Å²) < 4.78 is 17.0. The second-order valence-electron chi connectivity index (χ2n) is 6.65. The quantitative estimate of drug-likeness (QED) is 0.715. The van der Waals surface area contributed by atoms with E-state index in [0.717, 1.165) is 16.9 Å². The van der Waals surface area contributed by atoms with E-state index in [1.54, 1.807) is 7.11 Å². The molecule has 0 radical (unpaired) electrons. The monoisotopic (exact) mass is 371 g/mol. The third kappa shape index (κ3) is 5.91. The summed E-state index contributed by atoms with van der Waals surface area (Å²) in [6.07, 6.45) is 0.120. The van der Waals surface area contributed by atoms with Crippen molar-refractivity contribution >= 4 is 5.91 Å². The molecule has 0 spiro atoms. The first kappa shape index (κ1) is 20.6. The molecule has 27 heavy (non-hydrogen) atoms. The highest BCUT2D eigenvalue weighted by Crippen LogP contribution is 2.29. The van der Waals surface area contributed by atoms with Crippen LogP contribution in [0.4, 0.5) is 0 Å². The van der Waals surface area contributed by atoms with Crippen LogP contribution >= 0.6 is 0 Å². The smallest absolute Gasteiger partial charge is 0.261 e. The van der Waals surface area contributed by atoms with E-state index in [2.05, 4.69) is 5.32 Å². The fourth-order valence-corrected chi connectivity index (χ4v) is 2.64. The van der Waals surface area contributed by atoms with Gasteiger partial charge in [0.2, 0.25) is 0 Å². The topological polar surface area (TPSA) is 56.8 Å². The van der Waals surface area contributed by atoms with E-state index in [-0.39, 0.29) is 12.0 Å². The maximum Gasteiger partial charge on any atom is 0.261 e. The number of para-hydroxylation sites is 1. The number of amides is 1. The van der Waals surface area contributed by atoms with Gasteiger partial charge in [-0.25, -0.2) is 0 Å². The van der Waals surface area contributed by atoms with Crippen LogP contribution < -0.4 is 19.5 Å². The summed E-state index contributed by atoms with van der Waals surface area (Å²) in [6.45, 7) is 8.22. The highest BCUT2D eigenvalue weighted by atomic mass is 16.5. The van der Waals surface area contributed by atoms with Crippen molar-refractivity contribution in [3.63, 3.8) is 0 Å². The van der Waals surface area contributed by atoms with E-state index in [4.69, 9.17) is 14.2 Å². The molecule has 0 heterocycles. The van der Waals surface area contributed by atoms with Gasteiger partial charge in [-0.1, -0.05) is 31.2 Å². The Hall–Kier alpha value is -2.69. The van der Waals surface area contributed by atoms with Crippen molar-refractivity contribution in [3.05, 3.63) is 53.6 Å². The summed E-state index contributed by atoms with van der Waals surface area (Å²) in [5.41, 5.74) is 1.94. The van der Waals surface area contributed by atoms with E-state index in [0.29, 0.717) is 24.5 Å². The van der Waals surface area contributed by atoms with Crippen molar-refractivity contribution in [2.45, 2.75) is 52.9 Å². The van der Waals surface area contributed by atoms with Gasteiger partial charge in [-0.3, -0.25) is 4.79 Å². The van der Waals surface area contributed by atoms with Gasteiger partial charge in [0.1, 0.15) is 5.75 Å². The fraction of sp³-hybridized carbons (Fsp3) is 0.409. The molecule has 1 N–H and O–H groups in total. The zero-order valence-corrected chi connectivity index (χ0v) is 16.7. The molecule has 1 amide bonds. The number of benzene rings is 2. The number of carbonyl (C=O) groups is 1. The number of ether oxygens (including phenoxy) is 3. The maximum atomic E-state index is 12.5. The predicted octanol–water partition coefficient (Wildman–Crippen LogP) is 4.26. The molecule has 0 bridgehead atoms. The lowest BCUT2D eigenvalue weighted by molar-refractivity contribution is -0.128. The molecule has 1 unspecified atom stereocenters. The Morgan fingerprint density at radius 2 is 1.78 bits per heavy atom. The van der Waals surface area contributed by atoms with Gasteiger partial charge in [-0.2, -0.15) is 0 Å². The molecule has 5 nitrogen and oxygen atoms in total. The van der Waals surface area contributed by atoms with Gasteiger partial charge in [0.05, 0.1) is 13.2 Å². The largest absolute Gasteiger partial charge is 0.493 e. The van der Waals surface area contributed by atoms with Gasteiger partial charge < -0.3 is 19.5 Å². The van der Waals surface area contributed by atoms with Crippen LogP contribution in [0, 0.1) is 6.92 Å². The van der Waals surface area contributed by atoms with Crippen LogP contribution in [-0.4, -0.2) is 25.2 Å². The Labute approximate surface area is 161 Å². The Bertz CT molecular complexity index is 758. The molecule has 1 atom stereocenters. The first-order chi connectivity index (χ1) is 12.9. The highest BCUT2D eigenvalue weighted by Gasteiger charge is 2.19. The molecule has 146 valence electrons. The average molecular weight is 371 g/mol. The van der Waals surface area contributed by atoms with Gasteiger partial charge >= 0.3 is 0 Å². The third-order valence-corrected chi connectivity index (χ3v) is 4.08. The normalized spacial score (nSPS) is 11.8. The zero-order valence-electron chi connectivity index (χ0n) is 16.7. The van der Waals surface area contributed by atoms with Crippen LogP contribution in [0.1, 0.15) is 38.3 Å². The van der Waals surface area contributed by atoms with Crippen LogP contribution in [-0.2, 0) is 11.3 Å². The number of hydrogen-bond acceptors (Lipinski definition) is 4. The van der Waals surface area contributed by atoms with Crippen LogP contribution in [0.25, 0.3) is 0 Å².